The number of nitrogens with zero attached hydrogens (tertiary/aromatic N) is 1. The van der Waals surface area contributed by atoms with Gasteiger partial charge in [0.05, 0.1) is 5.56 Å². The summed E-state index contributed by atoms with van der Waals surface area (Å²) in [6, 6.07) is 4.36. The van der Waals surface area contributed by atoms with Crippen LogP contribution in [-0.2, 0) is 0 Å². The highest BCUT2D eigenvalue weighted by atomic mass is 16.4. The van der Waals surface area contributed by atoms with Gasteiger partial charge in [-0.2, -0.15) is 0 Å². The second kappa shape index (κ2) is 7.64. The molecule has 1 unspecified atom stereocenters. The summed E-state index contributed by atoms with van der Waals surface area (Å²) in [6.07, 6.45) is 0.842. The molecule has 0 heterocycles. The Hall–Kier alpha value is -2.08. The first-order valence-corrected chi connectivity index (χ1v) is 6.85. The molecule has 0 aliphatic heterocycles. The lowest BCUT2D eigenvalue weighted by molar-refractivity contribution is 0.0697. The van der Waals surface area contributed by atoms with Crippen molar-refractivity contribution in [1.29, 1.82) is 0 Å². The topological polar surface area (TPSA) is 81.7 Å². The summed E-state index contributed by atoms with van der Waals surface area (Å²) in [4.78, 5) is 24.9. The van der Waals surface area contributed by atoms with E-state index in [4.69, 9.17) is 5.11 Å². The van der Waals surface area contributed by atoms with Crippen LogP contribution < -0.4 is 10.6 Å². The van der Waals surface area contributed by atoms with Crippen LogP contribution in [0.4, 0.5) is 10.5 Å². The summed E-state index contributed by atoms with van der Waals surface area (Å²) in [5.74, 6) is -1.02. The second-order valence-electron chi connectivity index (χ2n) is 5.43. The van der Waals surface area contributed by atoms with E-state index in [2.05, 4.69) is 15.5 Å². The molecule has 0 bridgehead atoms. The van der Waals surface area contributed by atoms with Gasteiger partial charge in [-0.1, -0.05) is 6.07 Å². The number of anilines is 1. The molecule has 0 radical (unpaired) electrons. The third kappa shape index (κ3) is 5.83. The first-order valence-electron chi connectivity index (χ1n) is 6.85. The average molecular weight is 293 g/mol. The molecule has 0 fully saturated rings. The maximum atomic E-state index is 11.9. The number of rotatable bonds is 6. The first-order chi connectivity index (χ1) is 9.79. The molecule has 116 valence electrons. The molecule has 0 aliphatic rings. The summed E-state index contributed by atoms with van der Waals surface area (Å²) in [5.41, 5.74) is 1.47. The van der Waals surface area contributed by atoms with Crippen molar-refractivity contribution in [1.82, 2.24) is 10.2 Å². The minimum Gasteiger partial charge on any atom is -0.478 e. The van der Waals surface area contributed by atoms with E-state index >= 15 is 0 Å². The van der Waals surface area contributed by atoms with Gasteiger partial charge in [-0.05, 0) is 58.6 Å². The molecule has 1 rings (SSSR count). The number of hydrogen-bond acceptors (Lipinski definition) is 3. The molecule has 1 aromatic rings. The Morgan fingerprint density at radius 2 is 2.00 bits per heavy atom. The number of carbonyl (C=O) groups excluding carboxylic acids is 1. The van der Waals surface area contributed by atoms with Crippen molar-refractivity contribution in [3.05, 3.63) is 29.3 Å². The molecule has 1 atom stereocenters. The van der Waals surface area contributed by atoms with E-state index in [0.29, 0.717) is 5.69 Å². The van der Waals surface area contributed by atoms with Crippen molar-refractivity contribution in [3.63, 3.8) is 0 Å². The van der Waals surface area contributed by atoms with Crippen molar-refractivity contribution < 1.29 is 14.7 Å². The van der Waals surface area contributed by atoms with Crippen molar-refractivity contribution >= 4 is 17.7 Å². The van der Waals surface area contributed by atoms with Crippen molar-refractivity contribution in [2.24, 2.45) is 0 Å². The molecule has 21 heavy (non-hydrogen) atoms. The maximum Gasteiger partial charge on any atom is 0.335 e. The lowest BCUT2D eigenvalue weighted by atomic mass is 10.1. The van der Waals surface area contributed by atoms with Crippen LogP contribution in [0, 0.1) is 6.92 Å². The Balaban J connectivity index is 2.62. The summed E-state index contributed by atoms with van der Waals surface area (Å²) >= 11 is 0. The number of carbonyl (C=O) groups is 2. The van der Waals surface area contributed by atoms with E-state index in [9.17, 15) is 9.59 Å². The molecule has 0 aromatic heterocycles. The SMILES string of the molecule is Cc1ccc(C(=O)O)cc1NC(=O)NC(C)CCN(C)C. The molecule has 0 aliphatic carbocycles. The number of amides is 2. The lowest BCUT2D eigenvalue weighted by Gasteiger charge is -2.17. The quantitative estimate of drug-likeness (QED) is 0.750. The van der Waals surface area contributed by atoms with Crippen LogP contribution in [-0.4, -0.2) is 48.7 Å². The summed E-state index contributed by atoms with van der Waals surface area (Å²) in [6.45, 7) is 4.63. The Bertz CT molecular complexity index is 515. The van der Waals surface area contributed by atoms with Crippen LogP contribution >= 0.6 is 0 Å². The first kappa shape index (κ1) is 17.0. The average Bonchev–Trinajstić information content (AvgIpc) is 2.38. The van der Waals surface area contributed by atoms with Crippen LogP contribution in [0.1, 0.15) is 29.3 Å². The molecule has 6 heteroatoms. The van der Waals surface area contributed by atoms with Gasteiger partial charge in [0.1, 0.15) is 0 Å². The van der Waals surface area contributed by atoms with E-state index in [-0.39, 0.29) is 17.6 Å². The zero-order valence-electron chi connectivity index (χ0n) is 12.9. The van der Waals surface area contributed by atoms with Gasteiger partial charge in [0.2, 0.25) is 0 Å². The molecule has 2 amide bonds. The van der Waals surface area contributed by atoms with Crippen LogP contribution in [0.2, 0.25) is 0 Å². The molecule has 3 N–H and O–H groups in total. The van der Waals surface area contributed by atoms with Gasteiger partial charge in [0, 0.05) is 11.7 Å². The van der Waals surface area contributed by atoms with Crippen LogP contribution in [0.5, 0.6) is 0 Å². The standard InChI is InChI=1S/C15H23N3O3/c1-10-5-6-12(14(19)20)9-13(10)17-15(21)16-11(2)7-8-18(3)4/h5-6,9,11H,7-8H2,1-4H3,(H,19,20)(H2,16,17,21). The zero-order chi connectivity index (χ0) is 16.0. The highest BCUT2D eigenvalue weighted by Gasteiger charge is 2.11. The number of benzene rings is 1. The fourth-order valence-corrected chi connectivity index (χ4v) is 1.80. The summed E-state index contributed by atoms with van der Waals surface area (Å²) < 4.78 is 0. The summed E-state index contributed by atoms with van der Waals surface area (Å²) in [5, 5.41) is 14.5. The van der Waals surface area contributed by atoms with Gasteiger partial charge >= 0.3 is 12.0 Å². The number of nitrogens with one attached hydrogen (secondary N) is 2. The fourth-order valence-electron chi connectivity index (χ4n) is 1.80. The fraction of sp³-hybridized carbons (Fsp3) is 0.467. The zero-order valence-corrected chi connectivity index (χ0v) is 12.9. The summed E-state index contributed by atoms with van der Waals surface area (Å²) in [7, 11) is 3.96. The van der Waals surface area contributed by atoms with Crippen molar-refractivity contribution in [2.45, 2.75) is 26.3 Å². The Labute approximate surface area is 125 Å². The molecule has 0 saturated heterocycles. The Morgan fingerprint density at radius 1 is 1.33 bits per heavy atom. The minimum absolute atomic E-state index is 0.0374. The third-order valence-corrected chi connectivity index (χ3v) is 3.12. The number of carboxylic acids is 1. The number of carboxylic acid groups (broad SMARTS) is 1. The predicted octanol–water partition coefficient (Wildman–Crippen LogP) is 2.15. The van der Waals surface area contributed by atoms with E-state index in [1.54, 1.807) is 6.07 Å². The molecular weight excluding hydrogens is 270 g/mol. The van der Waals surface area contributed by atoms with Gasteiger partial charge in [0.15, 0.2) is 0 Å². The molecule has 6 nitrogen and oxygen atoms in total. The van der Waals surface area contributed by atoms with Gasteiger partial charge in [-0.15, -0.1) is 0 Å². The predicted molar refractivity (Wildman–Crippen MR) is 82.9 cm³/mol. The molecule has 1 aromatic carbocycles. The monoisotopic (exact) mass is 293 g/mol. The maximum absolute atomic E-state index is 11.9. The van der Waals surface area contributed by atoms with E-state index in [1.807, 2.05) is 27.9 Å². The Morgan fingerprint density at radius 3 is 2.57 bits per heavy atom. The smallest absolute Gasteiger partial charge is 0.335 e. The highest BCUT2D eigenvalue weighted by molar-refractivity contribution is 5.94. The van der Waals surface area contributed by atoms with Crippen LogP contribution in [0.15, 0.2) is 18.2 Å². The van der Waals surface area contributed by atoms with Gasteiger partial charge in [-0.3, -0.25) is 0 Å². The normalized spacial score (nSPS) is 12.0. The Kier molecular flexibility index (Phi) is 6.17. The second-order valence-corrected chi connectivity index (χ2v) is 5.43. The third-order valence-electron chi connectivity index (χ3n) is 3.12. The molecule has 0 spiro atoms. The number of aromatic carboxylic acids is 1. The number of hydrogen-bond donors (Lipinski definition) is 3. The molecule has 0 saturated carbocycles. The van der Waals surface area contributed by atoms with E-state index in [1.165, 1.54) is 12.1 Å². The van der Waals surface area contributed by atoms with Gasteiger partial charge in [-0.25, -0.2) is 9.59 Å². The van der Waals surface area contributed by atoms with Crippen LogP contribution in [0.3, 0.4) is 0 Å². The van der Waals surface area contributed by atoms with E-state index < -0.39 is 5.97 Å². The van der Waals surface area contributed by atoms with Gasteiger partial charge in [0.25, 0.3) is 0 Å². The molecular formula is C15H23N3O3. The highest BCUT2D eigenvalue weighted by Crippen LogP contribution is 2.16. The van der Waals surface area contributed by atoms with E-state index in [0.717, 1.165) is 18.5 Å². The van der Waals surface area contributed by atoms with Gasteiger partial charge < -0.3 is 20.6 Å². The van der Waals surface area contributed by atoms with Crippen LogP contribution in [0.25, 0.3) is 0 Å². The largest absolute Gasteiger partial charge is 0.478 e. The number of urea groups is 1. The van der Waals surface area contributed by atoms with Crippen molar-refractivity contribution in [3.8, 4) is 0 Å². The number of aryl methyl sites for hydroxylation is 1. The minimum atomic E-state index is -1.02. The lowest BCUT2D eigenvalue weighted by Crippen LogP contribution is -2.37. The van der Waals surface area contributed by atoms with Crippen molar-refractivity contribution in [2.75, 3.05) is 26.0 Å².